The fourth-order valence-electron chi connectivity index (χ4n) is 7.42. The van der Waals surface area contributed by atoms with Crippen LogP contribution in [0.4, 0.5) is 17.1 Å². The zero-order valence-corrected chi connectivity index (χ0v) is 25.1. The molecule has 0 saturated heterocycles. The Morgan fingerprint density at radius 2 is 1.14 bits per heavy atom. The molecule has 210 valence electrons. The van der Waals surface area contributed by atoms with Crippen LogP contribution in [0.3, 0.4) is 0 Å². The summed E-state index contributed by atoms with van der Waals surface area (Å²) in [5, 5.41) is 1.45. The van der Waals surface area contributed by atoms with Crippen LogP contribution >= 0.6 is 0 Å². The quantitative estimate of drug-likeness (QED) is 0.165. The number of aromatic nitrogens is 1. The number of hydrogen-bond donors (Lipinski definition) is 0. The van der Waals surface area contributed by atoms with E-state index in [-0.39, 0.29) is 12.1 Å². The minimum Gasteiger partial charge on any atom is -0.311 e. The van der Waals surface area contributed by atoms with Crippen LogP contribution in [0, 0.1) is 20.8 Å². The predicted molar refractivity (Wildman–Crippen MR) is 187 cm³/mol. The molecule has 0 spiro atoms. The molecule has 0 atom stereocenters. The molecule has 3 nitrogen and oxygen atoms in total. The molecule has 0 N–H and O–H groups in total. The summed E-state index contributed by atoms with van der Waals surface area (Å²) < 4.78 is 2.24. The molecule has 6 aromatic carbocycles. The Hall–Kier alpha value is -5.35. The van der Waals surface area contributed by atoms with Gasteiger partial charge in [-0.3, -0.25) is 4.79 Å². The Labute approximate surface area is 257 Å². The highest BCUT2D eigenvalue weighted by molar-refractivity contribution is 6.98. The summed E-state index contributed by atoms with van der Waals surface area (Å²) in [4.78, 5) is 16.7. The predicted octanol–water partition coefficient (Wildman–Crippen LogP) is 7.37. The van der Waals surface area contributed by atoms with Gasteiger partial charge in [0.05, 0.1) is 11.0 Å². The van der Waals surface area contributed by atoms with Gasteiger partial charge in [0, 0.05) is 33.5 Å². The van der Waals surface area contributed by atoms with Crippen LogP contribution < -0.4 is 26.7 Å². The maximum Gasteiger partial charge on any atom is 0.247 e. The molecule has 2 heterocycles. The molecule has 4 heteroatoms. The number of aryl methyl sites for hydroxylation is 3. The van der Waals surface area contributed by atoms with E-state index in [0.29, 0.717) is 0 Å². The monoisotopic (exact) mass is 566 g/mol. The SMILES string of the molecule is Cc1cc(C)c(B2c3ccccc3N(c3ccccc3)c3cc4c(cc32)c(=O)c2ccccc2n4-c2ccccc2)c(C)c1. The molecule has 8 rings (SSSR count). The first kappa shape index (κ1) is 26.3. The summed E-state index contributed by atoms with van der Waals surface area (Å²) in [5.41, 5.74) is 13.7. The first-order valence-corrected chi connectivity index (χ1v) is 15.2. The van der Waals surface area contributed by atoms with E-state index < -0.39 is 0 Å². The summed E-state index contributed by atoms with van der Waals surface area (Å²) in [6, 6.07) is 46.6. The van der Waals surface area contributed by atoms with E-state index >= 15 is 0 Å². The highest BCUT2D eigenvalue weighted by Gasteiger charge is 2.37. The molecule has 0 radical (unpaired) electrons. The van der Waals surface area contributed by atoms with Gasteiger partial charge in [-0.05, 0) is 80.2 Å². The van der Waals surface area contributed by atoms with Gasteiger partial charge in [-0.25, -0.2) is 0 Å². The maximum absolute atomic E-state index is 14.3. The van der Waals surface area contributed by atoms with E-state index in [2.05, 4.69) is 139 Å². The van der Waals surface area contributed by atoms with Gasteiger partial charge >= 0.3 is 0 Å². The van der Waals surface area contributed by atoms with Crippen molar-refractivity contribution in [2.24, 2.45) is 0 Å². The molecule has 0 saturated carbocycles. The Balaban J connectivity index is 1.56. The summed E-state index contributed by atoms with van der Waals surface area (Å²) in [6.07, 6.45) is 0. The third-order valence-electron chi connectivity index (χ3n) is 9.12. The molecule has 7 aromatic rings. The van der Waals surface area contributed by atoms with Gasteiger partial charge in [-0.2, -0.15) is 0 Å². The van der Waals surface area contributed by atoms with Crippen LogP contribution in [0.25, 0.3) is 27.5 Å². The smallest absolute Gasteiger partial charge is 0.247 e. The number of benzene rings is 6. The number of hydrogen-bond acceptors (Lipinski definition) is 2. The lowest BCUT2D eigenvalue weighted by Crippen LogP contribution is -2.58. The van der Waals surface area contributed by atoms with Gasteiger partial charge in [0.1, 0.15) is 0 Å². The van der Waals surface area contributed by atoms with E-state index in [1.165, 1.54) is 27.6 Å². The summed E-state index contributed by atoms with van der Waals surface area (Å²) in [6.45, 7) is 6.58. The van der Waals surface area contributed by atoms with E-state index in [4.69, 9.17) is 0 Å². The number of nitrogens with zero attached hydrogens (tertiary/aromatic N) is 2. The molecule has 0 fully saturated rings. The second kappa shape index (κ2) is 10.1. The van der Waals surface area contributed by atoms with Crippen LogP contribution in [-0.2, 0) is 0 Å². The maximum atomic E-state index is 14.3. The highest BCUT2D eigenvalue weighted by atomic mass is 16.1. The largest absolute Gasteiger partial charge is 0.311 e. The van der Waals surface area contributed by atoms with Gasteiger partial charge in [0.25, 0.3) is 0 Å². The third-order valence-corrected chi connectivity index (χ3v) is 9.12. The van der Waals surface area contributed by atoms with Crippen molar-refractivity contribution in [1.29, 1.82) is 0 Å². The number of fused-ring (bicyclic) bond motifs is 4. The van der Waals surface area contributed by atoms with Crippen molar-refractivity contribution in [3.05, 3.63) is 160 Å². The summed E-state index contributed by atoms with van der Waals surface area (Å²) in [5.74, 6) is 0. The number of para-hydroxylation sites is 4. The van der Waals surface area contributed by atoms with Gasteiger partial charge in [-0.15, -0.1) is 0 Å². The Bertz CT molecular complexity index is 2270. The molecule has 0 bridgehead atoms. The molecule has 1 aliphatic heterocycles. The van der Waals surface area contributed by atoms with Crippen LogP contribution in [-0.4, -0.2) is 11.3 Å². The van der Waals surface area contributed by atoms with Crippen molar-refractivity contribution >= 4 is 62.0 Å². The van der Waals surface area contributed by atoms with Gasteiger partial charge in [-0.1, -0.05) is 107 Å². The van der Waals surface area contributed by atoms with E-state index in [0.717, 1.165) is 50.0 Å². The zero-order valence-electron chi connectivity index (χ0n) is 25.1. The van der Waals surface area contributed by atoms with Gasteiger partial charge in [0.2, 0.25) is 6.71 Å². The lowest BCUT2D eigenvalue weighted by Gasteiger charge is -2.38. The minimum absolute atomic E-state index is 0.0257. The topological polar surface area (TPSA) is 25.2 Å². The first-order chi connectivity index (χ1) is 21.5. The minimum atomic E-state index is -0.0257. The van der Waals surface area contributed by atoms with Crippen molar-refractivity contribution in [3.63, 3.8) is 0 Å². The molecular formula is C40H31BN2O. The Morgan fingerprint density at radius 3 is 1.86 bits per heavy atom. The van der Waals surface area contributed by atoms with E-state index in [9.17, 15) is 4.79 Å². The summed E-state index contributed by atoms with van der Waals surface area (Å²) in [7, 11) is 0. The standard InChI is InChI=1S/C40H31BN2O/c1-26-22-27(2)39(28(3)23-26)41-33-19-11-13-21-36(33)43(30-16-8-5-9-17-30)38-25-37-32(24-34(38)41)40(44)31-18-10-12-20-35(31)42(37)29-14-6-4-7-15-29/h4-25H,1-3H3. The molecule has 0 unspecified atom stereocenters. The third kappa shape index (κ3) is 3.95. The zero-order chi connectivity index (χ0) is 29.9. The van der Waals surface area contributed by atoms with Crippen LogP contribution in [0.1, 0.15) is 16.7 Å². The Kier molecular flexibility index (Phi) is 6.06. The van der Waals surface area contributed by atoms with Gasteiger partial charge < -0.3 is 9.47 Å². The van der Waals surface area contributed by atoms with Crippen molar-refractivity contribution in [2.75, 3.05) is 4.90 Å². The van der Waals surface area contributed by atoms with Crippen molar-refractivity contribution in [1.82, 2.24) is 4.57 Å². The first-order valence-electron chi connectivity index (χ1n) is 15.2. The molecule has 1 aliphatic rings. The highest BCUT2D eigenvalue weighted by Crippen LogP contribution is 2.38. The average molecular weight is 567 g/mol. The van der Waals surface area contributed by atoms with Crippen LogP contribution in [0.5, 0.6) is 0 Å². The summed E-state index contributed by atoms with van der Waals surface area (Å²) >= 11 is 0. The number of rotatable bonds is 3. The van der Waals surface area contributed by atoms with E-state index in [1.54, 1.807) is 0 Å². The molecule has 0 amide bonds. The lowest BCUT2D eigenvalue weighted by atomic mass is 9.33. The lowest BCUT2D eigenvalue weighted by molar-refractivity contribution is 1.16. The molecule has 0 aliphatic carbocycles. The second-order valence-corrected chi connectivity index (χ2v) is 11.9. The van der Waals surface area contributed by atoms with Crippen LogP contribution in [0.15, 0.2) is 138 Å². The van der Waals surface area contributed by atoms with Crippen LogP contribution in [0.2, 0.25) is 0 Å². The van der Waals surface area contributed by atoms with Gasteiger partial charge in [0.15, 0.2) is 5.43 Å². The average Bonchev–Trinajstić information content (AvgIpc) is 3.04. The molecule has 44 heavy (non-hydrogen) atoms. The van der Waals surface area contributed by atoms with Crippen molar-refractivity contribution in [3.8, 4) is 5.69 Å². The number of pyridine rings is 1. The second-order valence-electron chi connectivity index (χ2n) is 11.9. The van der Waals surface area contributed by atoms with E-state index in [1.807, 2.05) is 24.3 Å². The van der Waals surface area contributed by atoms with Crippen molar-refractivity contribution in [2.45, 2.75) is 20.8 Å². The molecular weight excluding hydrogens is 535 g/mol. The normalized spacial score (nSPS) is 12.4. The molecule has 1 aromatic heterocycles. The fourth-order valence-corrected chi connectivity index (χ4v) is 7.42. The number of anilines is 3. The Morgan fingerprint density at radius 1 is 0.523 bits per heavy atom. The van der Waals surface area contributed by atoms with Crippen molar-refractivity contribution < 1.29 is 0 Å². The fraction of sp³-hybridized carbons (Fsp3) is 0.0750.